The number of amides is 1. The Balaban J connectivity index is 0.00000225. The maximum Gasteiger partial charge on any atom is 0.253 e. The Hall–Kier alpha value is -1.49. The smallest absolute Gasteiger partial charge is 0.253 e. The van der Waals surface area contributed by atoms with Crippen LogP contribution in [0.4, 0.5) is 0 Å². The van der Waals surface area contributed by atoms with Gasteiger partial charge in [0.25, 0.3) is 5.91 Å². The van der Waals surface area contributed by atoms with Crippen LogP contribution in [-0.4, -0.2) is 36.5 Å². The van der Waals surface area contributed by atoms with Gasteiger partial charge in [-0.1, -0.05) is 30.3 Å². The molecule has 1 heterocycles. The molecule has 0 aromatic heterocycles. The molecule has 0 unspecified atom stereocenters. The number of benzene rings is 2. The van der Waals surface area contributed by atoms with E-state index in [2.05, 4.69) is 41.7 Å². The number of carbonyl (C=O) groups is 1. The van der Waals surface area contributed by atoms with Crippen molar-refractivity contribution in [1.29, 1.82) is 0 Å². The molecule has 1 saturated heterocycles. The lowest BCUT2D eigenvalue weighted by atomic mass is 10.0. The van der Waals surface area contributed by atoms with Gasteiger partial charge in [0.05, 0.1) is 0 Å². The Morgan fingerprint density at radius 3 is 2.29 bits per heavy atom. The van der Waals surface area contributed by atoms with Gasteiger partial charge in [-0.25, -0.2) is 0 Å². The molecule has 3 nitrogen and oxygen atoms in total. The highest BCUT2D eigenvalue weighted by Gasteiger charge is 2.26. The van der Waals surface area contributed by atoms with Crippen LogP contribution >= 0.6 is 24.2 Å². The van der Waals surface area contributed by atoms with Crippen LogP contribution < -0.4 is 5.32 Å². The van der Waals surface area contributed by atoms with Gasteiger partial charge in [0.2, 0.25) is 0 Å². The quantitative estimate of drug-likeness (QED) is 0.644. The van der Waals surface area contributed by atoms with Crippen LogP contribution in [0.25, 0.3) is 0 Å². The molecule has 2 aromatic rings. The molecule has 0 spiro atoms. The van der Waals surface area contributed by atoms with Gasteiger partial charge in [-0.3, -0.25) is 4.79 Å². The number of halogens is 1. The van der Waals surface area contributed by atoms with E-state index in [1.807, 2.05) is 34.9 Å². The summed E-state index contributed by atoms with van der Waals surface area (Å²) in [6.07, 6.45) is 4.93. The average molecular weight is 417 g/mol. The van der Waals surface area contributed by atoms with Gasteiger partial charge in [-0.15, -0.1) is 24.2 Å². The second-order valence-electron chi connectivity index (χ2n) is 7.72. The lowest BCUT2D eigenvalue weighted by molar-refractivity contribution is 0.0705. The normalized spacial score (nSPS) is 17.2. The SMILES string of the molecule is Cl.O=C(c1ccc(SCc2ccccc2)cc1)N1CCC(NCC2CC2)CC1. The van der Waals surface area contributed by atoms with Crippen molar-refractivity contribution in [2.75, 3.05) is 19.6 Å². The Morgan fingerprint density at radius 1 is 0.964 bits per heavy atom. The van der Waals surface area contributed by atoms with E-state index in [9.17, 15) is 4.79 Å². The van der Waals surface area contributed by atoms with Crippen molar-refractivity contribution in [3.05, 3.63) is 65.7 Å². The highest BCUT2D eigenvalue weighted by molar-refractivity contribution is 7.98. The van der Waals surface area contributed by atoms with Crippen molar-refractivity contribution < 1.29 is 4.79 Å². The van der Waals surface area contributed by atoms with Crippen LogP contribution in [0.3, 0.4) is 0 Å². The summed E-state index contributed by atoms with van der Waals surface area (Å²) in [4.78, 5) is 16.0. The topological polar surface area (TPSA) is 32.3 Å². The molecular weight excluding hydrogens is 388 g/mol. The fourth-order valence-corrected chi connectivity index (χ4v) is 4.41. The Kier molecular flexibility index (Phi) is 7.83. The molecule has 1 aliphatic carbocycles. The van der Waals surface area contributed by atoms with Gasteiger partial charge < -0.3 is 10.2 Å². The van der Waals surface area contributed by atoms with E-state index >= 15 is 0 Å². The predicted octanol–water partition coefficient (Wildman–Crippen LogP) is 5.00. The van der Waals surface area contributed by atoms with Gasteiger partial charge in [-0.2, -0.15) is 0 Å². The number of hydrogen-bond acceptors (Lipinski definition) is 3. The summed E-state index contributed by atoms with van der Waals surface area (Å²) >= 11 is 1.81. The lowest BCUT2D eigenvalue weighted by Gasteiger charge is -2.32. The molecule has 1 N–H and O–H groups in total. The third kappa shape index (κ3) is 6.00. The Bertz CT molecular complexity index is 741. The van der Waals surface area contributed by atoms with Crippen molar-refractivity contribution in [1.82, 2.24) is 10.2 Å². The van der Waals surface area contributed by atoms with Crippen molar-refractivity contribution in [3.63, 3.8) is 0 Å². The Labute approximate surface area is 178 Å². The van der Waals surface area contributed by atoms with Gasteiger partial charge >= 0.3 is 0 Å². The van der Waals surface area contributed by atoms with Crippen molar-refractivity contribution in [2.45, 2.75) is 42.4 Å². The molecule has 2 fully saturated rings. The molecule has 2 aromatic carbocycles. The van der Waals surface area contributed by atoms with Gasteiger partial charge in [0, 0.05) is 35.3 Å². The summed E-state index contributed by atoms with van der Waals surface area (Å²) < 4.78 is 0. The third-order valence-electron chi connectivity index (χ3n) is 5.52. The zero-order chi connectivity index (χ0) is 18.5. The van der Waals surface area contributed by atoms with Crippen LogP contribution in [0.5, 0.6) is 0 Å². The van der Waals surface area contributed by atoms with Crippen LogP contribution in [0.2, 0.25) is 0 Å². The number of piperidine rings is 1. The third-order valence-corrected chi connectivity index (χ3v) is 6.61. The first kappa shape index (κ1) is 21.2. The Morgan fingerprint density at radius 2 is 1.64 bits per heavy atom. The summed E-state index contributed by atoms with van der Waals surface area (Å²) in [6.45, 7) is 2.90. The van der Waals surface area contributed by atoms with E-state index in [-0.39, 0.29) is 18.3 Å². The van der Waals surface area contributed by atoms with E-state index in [1.165, 1.54) is 29.8 Å². The lowest BCUT2D eigenvalue weighted by Crippen LogP contribution is -2.45. The first-order chi connectivity index (χ1) is 13.3. The van der Waals surface area contributed by atoms with Crippen LogP contribution in [0, 0.1) is 5.92 Å². The number of carbonyl (C=O) groups excluding carboxylic acids is 1. The first-order valence-electron chi connectivity index (χ1n) is 10.1. The predicted molar refractivity (Wildman–Crippen MR) is 119 cm³/mol. The van der Waals surface area contributed by atoms with Gasteiger partial charge in [0.15, 0.2) is 0 Å². The molecule has 4 rings (SSSR count). The van der Waals surface area contributed by atoms with Crippen molar-refractivity contribution >= 4 is 30.1 Å². The minimum absolute atomic E-state index is 0. The fraction of sp³-hybridized carbons (Fsp3) is 0.435. The summed E-state index contributed by atoms with van der Waals surface area (Å²) in [7, 11) is 0. The number of hydrogen-bond donors (Lipinski definition) is 1. The number of rotatable bonds is 7. The minimum Gasteiger partial charge on any atom is -0.339 e. The number of nitrogens with one attached hydrogen (secondary N) is 1. The van der Waals surface area contributed by atoms with Crippen LogP contribution in [-0.2, 0) is 5.75 Å². The fourth-order valence-electron chi connectivity index (χ4n) is 3.56. The molecule has 1 aliphatic heterocycles. The zero-order valence-electron chi connectivity index (χ0n) is 16.2. The molecule has 0 bridgehead atoms. The number of thioether (sulfide) groups is 1. The maximum atomic E-state index is 12.8. The van der Waals surface area contributed by atoms with Crippen molar-refractivity contribution in [3.8, 4) is 0 Å². The highest BCUT2D eigenvalue weighted by Crippen LogP contribution is 2.28. The first-order valence-corrected chi connectivity index (χ1v) is 11.1. The standard InChI is InChI=1S/C23H28N2OS.ClH/c26-23(25-14-12-21(13-15-25)24-16-18-6-7-18)20-8-10-22(11-9-20)27-17-19-4-2-1-3-5-19;/h1-5,8-11,18,21,24H,6-7,12-17H2;1H. The second-order valence-corrected chi connectivity index (χ2v) is 8.77. The molecule has 5 heteroatoms. The summed E-state index contributed by atoms with van der Waals surface area (Å²) in [5.74, 6) is 2.05. The average Bonchev–Trinajstić information content (AvgIpc) is 3.56. The van der Waals surface area contributed by atoms with E-state index in [0.29, 0.717) is 6.04 Å². The van der Waals surface area contributed by atoms with Gasteiger partial charge in [-0.05, 0) is 68.0 Å². The molecule has 0 atom stereocenters. The summed E-state index contributed by atoms with van der Waals surface area (Å²) in [6, 6.07) is 19.2. The van der Waals surface area contributed by atoms with Crippen molar-refractivity contribution in [2.24, 2.45) is 5.92 Å². The van der Waals surface area contributed by atoms with Gasteiger partial charge in [0.1, 0.15) is 0 Å². The molecular formula is C23H29ClN2OS. The highest BCUT2D eigenvalue weighted by atomic mass is 35.5. The summed E-state index contributed by atoms with van der Waals surface area (Å²) in [5.41, 5.74) is 2.13. The molecule has 150 valence electrons. The van der Waals surface area contributed by atoms with Crippen LogP contribution in [0.15, 0.2) is 59.5 Å². The number of nitrogens with zero attached hydrogens (tertiary/aromatic N) is 1. The van der Waals surface area contributed by atoms with E-state index < -0.39 is 0 Å². The maximum absolute atomic E-state index is 12.8. The number of likely N-dealkylation sites (tertiary alicyclic amines) is 1. The van der Waals surface area contributed by atoms with Crippen LogP contribution in [0.1, 0.15) is 41.6 Å². The molecule has 1 amide bonds. The molecule has 0 radical (unpaired) electrons. The largest absolute Gasteiger partial charge is 0.339 e. The minimum atomic E-state index is 0. The summed E-state index contributed by atoms with van der Waals surface area (Å²) in [5, 5.41) is 3.68. The van der Waals surface area contributed by atoms with E-state index in [4.69, 9.17) is 0 Å². The molecule has 28 heavy (non-hydrogen) atoms. The zero-order valence-corrected chi connectivity index (χ0v) is 17.8. The monoisotopic (exact) mass is 416 g/mol. The molecule has 1 saturated carbocycles. The van der Waals surface area contributed by atoms with E-state index in [1.54, 1.807) is 0 Å². The van der Waals surface area contributed by atoms with E-state index in [0.717, 1.165) is 43.2 Å². The second kappa shape index (κ2) is 10.3. The molecule has 2 aliphatic rings.